The largest absolute Gasteiger partial charge is 0.389 e. The van der Waals surface area contributed by atoms with E-state index in [1.54, 1.807) is 11.3 Å². The maximum absolute atomic E-state index is 9.78. The maximum atomic E-state index is 9.78. The van der Waals surface area contributed by atoms with E-state index >= 15 is 0 Å². The molecule has 1 aromatic heterocycles. The van der Waals surface area contributed by atoms with E-state index in [9.17, 15) is 5.11 Å². The van der Waals surface area contributed by atoms with Gasteiger partial charge >= 0.3 is 0 Å². The zero-order valence-electron chi connectivity index (χ0n) is 10.5. The van der Waals surface area contributed by atoms with E-state index in [1.165, 1.54) is 4.88 Å². The quantitative estimate of drug-likeness (QED) is 0.838. The molecule has 0 fully saturated rings. The minimum atomic E-state index is -0.425. The number of rotatable bonds is 7. The van der Waals surface area contributed by atoms with Crippen LogP contribution in [0, 0.1) is 0 Å². The molecule has 17 heavy (non-hydrogen) atoms. The molecule has 1 rings (SSSR count). The Kier molecular flexibility index (Phi) is 6.66. The van der Waals surface area contributed by atoms with E-state index in [1.807, 2.05) is 27.0 Å². The number of ether oxygens (including phenoxy) is 1. The Balaban J connectivity index is 2.26. The van der Waals surface area contributed by atoms with Gasteiger partial charge in [-0.3, -0.25) is 4.90 Å². The highest BCUT2D eigenvalue weighted by atomic mass is 79.9. The van der Waals surface area contributed by atoms with E-state index in [0.29, 0.717) is 13.2 Å². The highest BCUT2D eigenvalue weighted by Crippen LogP contribution is 2.22. The van der Waals surface area contributed by atoms with Crippen molar-refractivity contribution in [2.75, 3.05) is 20.2 Å². The lowest BCUT2D eigenvalue weighted by molar-refractivity contribution is -0.00625. The summed E-state index contributed by atoms with van der Waals surface area (Å²) in [6.45, 7) is 5.83. The number of aliphatic hydroxyl groups excluding tert-OH is 1. The van der Waals surface area contributed by atoms with Crippen molar-refractivity contribution >= 4 is 27.3 Å². The van der Waals surface area contributed by atoms with Crippen LogP contribution in [0.2, 0.25) is 0 Å². The molecule has 3 nitrogen and oxygen atoms in total. The van der Waals surface area contributed by atoms with E-state index in [2.05, 4.69) is 26.9 Å². The molecule has 1 aromatic rings. The molecule has 0 spiro atoms. The standard InChI is InChI=1S/C12H20BrNO2S/c1-9(2)16-8-10(15)6-14(3)7-11-4-5-12(13)17-11/h4-5,9-10,15H,6-8H2,1-3H3. The molecule has 0 amide bonds. The molecule has 0 radical (unpaired) electrons. The summed E-state index contributed by atoms with van der Waals surface area (Å²) in [6, 6.07) is 4.15. The predicted molar refractivity (Wildman–Crippen MR) is 75.4 cm³/mol. The van der Waals surface area contributed by atoms with Crippen LogP contribution in [0.4, 0.5) is 0 Å². The summed E-state index contributed by atoms with van der Waals surface area (Å²) in [5.74, 6) is 0. The summed E-state index contributed by atoms with van der Waals surface area (Å²) in [4.78, 5) is 3.39. The molecule has 0 saturated carbocycles. The molecule has 0 saturated heterocycles. The van der Waals surface area contributed by atoms with Crippen molar-refractivity contribution in [3.05, 3.63) is 20.8 Å². The smallest absolute Gasteiger partial charge is 0.0900 e. The highest BCUT2D eigenvalue weighted by molar-refractivity contribution is 9.11. The van der Waals surface area contributed by atoms with E-state index < -0.39 is 6.10 Å². The summed E-state index contributed by atoms with van der Waals surface area (Å²) in [7, 11) is 2.01. The fourth-order valence-corrected chi connectivity index (χ4v) is 3.05. The van der Waals surface area contributed by atoms with Gasteiger partial charge in [-0.25, -0.2) is 0 Å². The lowest BCUT2D eigenvalue weighted by atomic mass is 10.3. The van der Waals surface area contributed by atoms with Gasteiger partial charge in [0.15, 0.2) is 0 Å². The molecule has 0 aliphatic carbocycles. The van der Waals surface area contributed by atoms with Crippen molar-refractivity contribution in [2.24, 2.45) is 0 Å². The minimum Gasteiger partial charge on any atom is -0.389 e. The zero-order chi connectivity index (χ0) is 12.8. The first-order chi connectivity index (χ1) is 7.97. The van der Waals surface area contributed by atoms with Crippen LogP contribution in [0.5, 0.6) is 0 Å². The van der Waals surface area contributed by atoms with E-state index in [4.69, 9.17) is 4.74 Å². The SMILES string of the molecule is CC(C)OCC(O)CN(C)Cc1ccc(Br)s1. The van der Waals surface area contributed by atoms with Gasteiger partial charge in [0.2, 0.25) is 0 Å². The van der Waals surface area contributed by atoms with Gasteiger partial charge < -0.3 is 9.84 Å². The van der Waals surface area contributed by atoms with Crippen LogP contribution in [-0.4, -0.2) is 42.4 Å². The van der Waals surface area contributed by atoms with Crippen LogP contribution in [0.15, 0.2) is 15.9 Å². The fraction of sp³-hybridized carbons (Fsp3) is 0.667. The molecule has 1 atom stereocenters. The molecular weight excluding hydrogens is 302 g/mol. The van der Waals surface area contributed by atoms with Crippen LogP contribution < -0.4 is 0 Å². The molecule has 5 heteroatoms. The Morgan fingerprint density at radius 2 is 2.18 bits per heavy atom. The minimum absolute atomic E-state index is 0.170. The van der Waals surface area contributed by atoms with Crippen LogP contribution in [0.3, 0.4) is 0 Å². The van der Waals surface area contributed by atoms with Gasteiger partial charge in [0, 0.05) is 18.0 Å². The van der Waals surface area contributed by atoms with Crippen LogP contribution in [-0.2, 0) is 11.3 Å². The third-order valence-corrected chi connectivity index (χ3v) is 3.81. The van der Waals surface area contributed by atoms with E-state index in [0.717, 1.165) is 10.3 Å². The molecular formula is C12H20BrNO2S. The molecule has 1 unspecified atom stereocenters. The van der Waals surface area contributed by atoms with Gasteiger partial charge in [0.05, 0.1) is 22.6 Å². The average molecular weight is 322 g/mol. The Bertz CT molecular complexity index is 330. The van der Waals surface area contributed by atoms with Gasteiger partial charge in [-0.05, 0) is 49.0 Å². The Hall–Kier alpha value is 0.0600. The number of likely N-dealkylation sites (N-methyl/N-ethyl adjacent to an activating group) is 1. The summed E-state index contributed by atoms with van der Waals surface area (Å²) < 4.78 is 6.52. The lowest BCUT2D eigenvalue weighted by Gasteiger charge is -2.20. The molecule has 0 bridgehead atoms. The van der Waals surface area contributed by atoms with Gasteiger partial charge in [0.1, 0.15) is 0 Å². The van der Waals surface area contributed by atoms with Crippen LogP contribution >= 0.6 is 27.3 Å². The highest BCUT2D eigenvalue weighted by Gasteiger charge is 2.10. The first-order valence-electron chi connectivity index (χ1n) is 5.69. The number of hydrogen-bond acceptors (Lipinski definition) is 4. The number of hydrogen-bond donors (Lipinski definition) is 1. The first-order valence-corrected chi connectivity index (χ1v) is 7.30. The fourth-order valence-electron chi connectivity index (χ4n) is 1.48. The Morgan fingerprint density at radius 3 is 2.71 bits per heavy atom. The predicted octanol–water partition coefficient (Wildman–Crippen LogP) is 2.73. The van der Waals surface area contributed by atoms with Crippen LogP contribution in [0.25, 0.3) is 0 Å². The topological polar surface area (TPSA) is 32.7 Å². The second-order valence-electron chi connectivity index (χ2n) is 4.44. The molecule has 1 heterocycles. The second-order valence-corrected chi connectivity index (χ2v) is 6.99. The number of halogens is 1. The second kappa shape index (κ2) is 7.48. The first kappa shape index (κ1) is 15.1. The van der Waals surface area contributed by atoms with Crippen molar-refractivity contribution in [3.63, 3.8) is 0 Å². The third-order valence-electron chi connectivity index (χ3n) is 2.20. The van der Waals surface area contributed by atoms with Crippen molar-refractivity contribution in [1.29, 1.82) is 0 Å². The average Bonchev–Trinajstić information content (AvgIpc) is 2.60. The zero-order valence-corrected chi connectivity index (χ0v) is 12.9. The molecule has 98 valence electrons. The van der Waals surface area contributed by atoms with Gasteiger partial charge in [-0.15, -0.1) is 11.3 Å². The molecule has 0 aliphatic rings. The van der Waals surface area contributed by atoms with E-state index in [-0.39, 0.29) is 6.10 Å². The molecule has 1 N–H and O–H groups in total. The number of aliphatic hydroxyl groups is 1. The maximum Gasteiger partial charge on any atom is 0.0900 e. The van der Waals surface area contributed by atoms with Crippen LogP contribution in [0.1, 0.15) is 18.7 Å². The third kappa shape index (κ3) is 6.52. The van der Waals surface area contributed by atoms with Crippen molar-refractivity contribution in [1.82, 2.24) is 4.90 Å². The summed E-state index contributed by atoms with van der Waals surface area (Å²) in [5.41, 5.74) is 0. The summed E-state index contributed by atoms with van der Waals surface area (Å²) >= 11 is 5.17. The normalized spacial score (nSPS) is 13.6. The molecule has 0 aromatic carbocycles. The Labute approximate surface area is 116 Å². The van der Waals surface area contributed by atoms with Crippen molar-refractivity contribution in [3.8, 4) is 0 Å². The van der Waals surface area contributed by atoms with Crippen molar-refractivity contribution < 1.29 is 9.84 Å². The van der Waals surface area contributed by atoms with Gasteiger partial charge in [-0.2, -0.15) is 0 Å². The molecule has 0 aliphatic heterocycles. The number of thiophene rings is 1. The Morgan fingerprint density at radius 1 is 1.47 bits per heavy atom. The lowest BCUT2D eigenvalue weighted by Crippen LogP contribution is -2.32. The van der Waals surface area contributed by atoms with Gasteiger partial charge in [-0.1, -0.05) is 0 Å². The summed E-state index contributed by atoms with van der Waals surface area (Å²) in [6.07, 6.45) is -0.256. The number of nitrogens with zero attached hydrogens (tertiary/aromatic N) is 1. The monoisotopic (exact) mass is 321 g/mol. The van der Waals surface area contributed by atoms with Gasteiger partial charge in [0.25, 0.3) is 0 Å². The summed E-state index contributed by atoms with van der Waals surface area (Å²) in [5, 5.41) is 9.78. The van der Waals surface area contributed by atoms with Crippen molar-refractivity contribution in [2.45, 2.75) is 32.6 Å².